The lowest BCUT2D eigenvalue weighted by Crippen LogP contribution is -2.30. The third-order valence-corrected chi connectivity index (χ3v) is 5.75. The Labute approximate surface area is 162 Å². The largest absolute Gasteiger partial charge is 0.322 e. The first-order valence-corrected chi connectivity index (χ1v) is 10.4. The zero-order valence-corrected chi connectivity index (χ0v) is 16.1. The monoisotopic (exact) mass is 406 g/mol. The normalized spacial score (nSPS) is 14.8. The zero-order chi connectivity index (χ0) is 19.3. The summed E-state index contributed by atoms with van der Waals surface area (Å²) in [5.74, 6) is 0.0748. The highest BCUT2D eigenvalue weighted by molar-refractivity contribution is 7.90. The zero-order valence-electron chi connectivity index (χ0n) is 14.5. The number of nitrogens with zero attached hydrogens (tertiary/aromatic N) is 2. The smallest absolute Gasteiger partial charge is 0.262 e. The van der Waals surface area contributed by atoms with Crippen LogP contribution in [0.15, 0.2) is 52.5 Å². The van der Waals surface area contributed by atoms with E-state index in [0.29, 0.717) is 24.5 Å². The summed E-state index contributed by atoms with van der Waals surface area (Å²) in [4.78, 5) is 20.5. The molecule has 0 atom stereocenters. The second-order valence-electron chi connectivity index (χ2n) is 6.06. The molecule has 0 unspecified atom stereocenters. The van der Waals surface area contributed by atoms with Crippen LogP contribution in [-0.4, -0.2) is 31.7 Å². The number of hydrogen-bond donors (Lipinski definition) is 2. The first kappa shape index (κ1) is 19.3. The van der Waals surface area contributed by atoms with Crippen molar-refractivity contribution in [2.24, 2.45) is 4.99 Å². The number of hydrogen-bond acceptors (Lipinski definition) is 5. The van der Waals surface area contributed by atoms with Crippen molar-refractivity contribution in [3.05, 3.63) is 53.3 Å². The van der Waals surface area contributed by atoms with Crippen molar-refractivity contribution in [1.29, 1.82) is 0 Å². The van der Waals surface area contributed by atoms with Gasteiger partial charge in [-0.3, -0.25) is 14.5 Å². The molecule has 1 aliphatic heterocycles. The van der Waals surface area contributed by atoms with E-state index in [1.54, 1.807) is 12.1 Å². The second kappa shape index (κ2) is 8.49. The summed E-state index contributed by atoms with van der Waals surface area (Å²) in [5.41, 5.74) is 0.689. The minimum absolute atomic E-state index is 0.0996. The molecule has 0 fully saturated rings. The fourth-order valence-electron chi connectivity index (χ4n) is 2.64. The maximum absolute atomic E-state index is 12.5. The third kappa shape index (κ3) is 5.05. The predicted octanol–water partition coefficient (Wildman–Crippen LogP) is 3.24. The molecule has 1 aromatic heterocycles. The van der Waals surface area contributed by atoms with Gasteiger partial charge in [-0.25, -0.2) is 13.4 Å². The van der Waals surface area contributed by atoms with Gasteiger partial charge in [0.2, 0.25) is 0 Å². The molecule has 0 aliphatic carbocycles. The number of anilines is 1. The van der Waals surface area contributed by atoms with Crippen molar-refractivity contribution >= 4 is 39.1 Å². The van der Waals surface area contributed by atoms with Crippen LogP contribution in [0.25, 0.3) is 0 Å². The lowest BCUT2D eigenvalue weighted by molar-refractivity contribution is 0.102. The Morgan fingerprint density at radius 1 is 1.07 bits per heavy atom. The first-order valence-electron chi connectivity index (χ1n) is 8.54. The van der Waals surface area contributed by atoms with E-state index in [-0.39, 0.29) is 15.6 Å². The first-order chi connectivity index (χ1) is 13.0. The van der Waals surface area contributed by atoms with Gasteiger partial charge in [-0.15, -0.1) is 0 Å². The maximum atomic E-state index is 12.5. The summed E-state index contributed by atoms with van der Waals surface area (Å²) in [7, 11) is -3.70. The summed E-state index contributed by atoms with van der Waals surface area (Å²) >= 11 is 5.90. The Morgan fingerprint density at radius 3 is 2.59 bits per heavy atom. The minimum Gasteiger partial charge on any atom is -0.322 e. The average Bonchev–Trinajstić information content (AvgIpc) is 2.90. The van der Waals surface area contributed by atoms with Crippen LogP contribution in [-0.2, 0) is 10.0 Å². The van der Waals surface area contributed by atoms with Crippen LogP contribution >= 0.6 is 11.6 Å². The third-order valence-electron chi connectivity index (χ3n) is 4.05. The summed E-state index contributed by atoms with van der Waals surface area (Å²) in [6.45, 7) is 0.639. The number of amides is 1. The number of nitrogens with one attached hydrogen (secondary N) is 2. The molecule has 2 N–H and O–H groups in total. The molecule has 0 bridgehead atoms. The van der Waals surface area contributed by atoms with Gasteiger partial charge in [0, 0.05) is 24.8 Å². The number of halogens is 1. The molecule has 2 aromatic rings. The van der Waals surface area contributed by atoms with Crippen molar-refractivity contribution in [2.75, 3.05) is 11.9 Å². The number of pyridine rings is 1. The topological polar surface area (TPSA) is 101 Å². The molecule has 0 radical (unpaired) electrons. The molecule has 9 heteroatoms. The molecule has 0 spiro atoms. The Morgan fingerprint density at radius 2 is 1.85 bits per heavy atom. The predicted molar refractivity (Wildman–Crippen MR) is 105 cm³/mol. The van der Waals surface area contributed by atoms with E-state index >= 15 is 0 Å². The van der Waals surface area contributed by atoms with Gasteiger partial charge in [0.05, 0.1) is 10.5 Å². The van der Waals surface area contributed by atoms with E-state index < -0.39 is 15.9 Å². The molecule has 0 saturated carbocycles. The number of benzene rings is 1. The molecule has 1 aliphatic rings. The Balaban J connectivity index is 1.70. The lowest BCUT2D eigenvalue weighted by atomic mass is 10.2. The van der Waals surface area contributed by atoms with Crippen LogP contribution in [0.2, 0.25) is 5.15 Å². The summed E-state index contributed by atoms with van der Waals surface area (Å²) in [6.07, 6.45) is 5.05. The quantitative estimate of drug-likeness (QED) is 0.761. The maximum Gasteiger partial charge on any atom is 0.262 e. The SMILES string of the molecule is O=C(Nc1ccc(S(=O)(=O)NC2=NCCCCC2)cc1)c1cccnc1Cl. The molecule has 0 saturated heterocycles. The average molecular weight is 407 g/mol. The molecule has 1 amide bonds. The van der Waals surface area contributed by atoms with Crippen molar-refractivity contribution in [1.82, 2.24) is 9.71 Å². The highest BCUT2D eigenvalue weighted by Crippen LogP contribution is 2.18. The van der Waals surface area contributed by atoms with Gasteiger partial charge in [0.15, 0.2) is 0 Å². The van der Waals surface area contributed by atoms with E-state index in [0.717, 1.165) is 19.3 Å². The molecular weight excluding hydrogens is 388 g/mol. The molecule has 7 nitrogen and oxygen atoms in total. The van der Waals surface area contributed by atoms with Crippen molar-refractivity contribution in [2.45, 2.75) is 30.6 Å². The van der Waals surface area contributed by atoms with Gasteiger partial charge in [-0.05, 0) is 49.2 Å². The van der Waals surface area contributed by atoms with E-state index in [1.807, 2.05) is 0 Å². The van der Waals surface area contributed by atoms with Crippen molar-refractivity contribution in [3.8, 4) is 0 Å². The molecule has 2 heterocycles. The van der Waals surface area contributed by atoms with Crippen LogP contribution < -0.4 is 10.0 Å². The van der Waals surface area contributed by atoms with Crippen molar-refractivity contribution < 1.29 is 13.2 Å². The number of aliphatic imine (C=N–C) groups is 1. The molecular formula is C18H19ClN4O3S. The molecule has 3 rings (SSSR count). The van der Waals surface area contributed by atoms with Crippen molar-refractivity contribution in [3.63, 3.8) is 0 Å². The van der Waals surface area contributed by atoms with Gasteiger partial charge < -0.3 is 5.32 Å². The van der Waals surface area contributed by atoms with E-state index in [1.165, 1.54) is 30.5 Å². The number of sulfonamides is 1. The number of rotatable bonds is 4. The Kier molecular flexibility index (Phi) is 6.08. The van der Waals surface area contributed by atoms with Crippen LogP contribution in [0, 0.1) is 0 Å². The Bertz CT molecular complexity index is 959. The minimum atomic E-state index is -3.70. The van der Waals surface area contributed by atoms with Crippen LogP contribution in [0.3, 0.4) is 0 Å². The van der Waals surface area contributed by atoms with Crippen LogP contribution in [0.1, 0.15) is 36.0 Å². The number of aromatic nitrogens is 1. The van der Waals surface area contributed by atoms with Crippen LogP contribution in [0.4, 0.5) is 5.69 Å². The Hall–Kier alpha value is -2.45. The lowest BCUT2D eigenvalue weighted by Gasteiger charge is -2.11. The number of amidine groups is 1. The molecule has 142 valence electrons. The highest BCUT2D eigenvalue weighted by atomic mass is 35.5. The van der Waals surface area contributed by atoms with Gasteiger partial charge in [-0.2, -0.15) is 0 Å². The van der Waals surface area contributed by atoms with E-state index in [4.69, 9.17) is 11.6 Å². The number of carbonyl (C=O) groups is 1. The standard InChI is InChI=1S/C18H19ClN4O3S/c19-17-15(5-4-12-21-17)18(24)22-13-7-9-14(10-8-13)27(25,26)23-16-6-2-1-3-11-20-16/h4-5,7-10,12H,1-3,6,11H2,(H,20,23)(H,22,24). The fourth-order valence-corrected chi connectivity index (χ4v) is 3.94. The summed E-state index contributed by atoms with van der Waals surface area (Å²) in [6, 6.07) is 9.07. The van der Waals surface area contributed by atoms with Gasteiger partial charge in [0.25, 0.3) is 15.9 Å². The van der Waals surface area contributed by atoms with Crippen LogP contribution in [0.5, 0.6) is 0 Å². The van der Waals surface area contributed by atoms with Gasteiger partial charge in [0.1, 0.15) is 11.0 Å². The highest BCUT2D eigenvalue weighted by Gasteiger charge is 2.17. The fraction of sp³-hybridized carbons (Fsp3) is 0.278. The van der Waals surface area contributed by atoms with Gasteiger partial charge >= 0.3 is 0 Å². The molecule has 1 aromatic carbocycles. The van der Waals surface area contributed by atoms with E-state index in [9.17, 15) is 13.2 Å². The van der Waals surface area contributed by atoms with E-state index in [2.05, 4.69) is 20.0 Å². The molecule has 27 heavy (non-hydrogen) atoms. The summed E-state index contributed by atoms with van der Waals surface area (Å²) in [5, 5.41) is 2.76. The second-order valence-corrected chi connectivity index (χ2v) is 8.11. The summed E-state index contributed by atoms with van der Waals surface area (Å²) < 4.78 is 27.6. The van der Waals surface area contributed by atoms with Gasteiger partial charge in [-0.1, -0.05) is 18.0 Å². The number of carbonyl (C=O) groups excluding carboxylic acids is 1.